The van der Waals surface area contributed by atoms with Crippen LogP contribution in [-0.4, -0.2) is 59.0 Å². The van der Waals surface area contributed by atoms with Gasteiger partial charge in [0.25, 0.3) is 0 Å². The topological polar surface area (TPSA) is 26.3 Å². The van der Waals surface area contributed by atoms with Crippen molar-refractivity contribution in [3.63, 3.8) is 0 Å². The van der Waals surface area contributed by atoms with Gasteiger partial charge in [-0.25, -0.2) is 0 Å². The van der Waals surface area contributed by atoms with Crippen LogP contribution in [0.1, 0.15) is 18.9 Å². The Hall–Kier alpha value is -1.92. The molecule has 1 aromatic carbocycles. The number of halogens is 19. The SMILES string of the molecule is CC(=O)Oc1cc(Cl)ccc1CC(Cl)CC(F)(F)C(F)(F)C(F)(F)C(F)(F)C(F)(F)C(F)(F)C(F)(F)C(F)(F)F. The zero-order chi connectivity index (χ0) is 32.1. The Kier molecular flexibility index (Phi) is 9.68. The van der Waals surface area contributed by atoms with Gasteiger partial charge in [-0.15, -0.1) is 11.6 Å². The summed E-state index contributed by atoms with van der Waals surface area (Å²) in [4.78, 5) is 11.1. The molecule has 0 radical (unpaired) electrons. The molecule has 1 rings (SSSR count). The van der Waals surface area contributed by atoms with Crippen LogP contribution in [0.5, 0.6) is 5.75 Å². The Labute approximate surface area is 221 Å². The number of carbonyl (C=O) groups excluding carboxylic acids is 1. The van der Waals surface area contributed by atoms with Crippen molar-refractivity contribution < 1.29 is 84.2 Å². The molecular weight excluding hydrogens is 654 g/mol. The number of carbonyl (C=O) groups is 1. The highest BCUT2D eigenvalue weighted by Crippen LogP contribution is 2.64. The van der Waals surface area contributed by atoms with Crippen LogP contribution in [0, 0.1) is 0 Å². The number of rotatable bonds is 11. The molecule has 0 heterocycles. The van der Waals surface area contributed by atoms with Crippen molar-refractivity contribution in [1.82, 2.24) is 0 Å². The predicted octanol–water partition coefficient (Wildman–Crippen LogP) is 8.81. The molecule has 0 spiro atoms. The molecule has 2 nitrogen and oxygen atoms in total. The maximum atomic E-state index is 14.1. The van der Waals surface area contributed by atoms with E-state index in [1.54, 1.807) is 0 Å². The molecule has 0 aliphatic carbocycles. The van der Waals surface area contributed by atoms with Crippen LogP contribution in [0.3, 0.4) is 0 Å². The van der Waals surface area contributed by atoms with Gasteiger partial charge in [0.05, 0.1) is 0 Å². The summed E-state index contributed by atoms with van der Waals surface area (Å²) in [6, 6.07) is 2.70. The monoisotopic (exact) mass is 664 g/mol. The summed E-state index contributed by atoms with van der Waals surface area (Å²) in [6.07, 6.45) is -11.8. The molecular formula is C19H11Cl2F17O2. The van der Waals surface area contributed by atoms with Crippen LogP contribution in [0.4, 0.5) is 74.6 Å². The van der Waals surface area contributed by atoms with Gasteiger partial charge in [-0.2, -0.15) is 74.6 Å². The molecule has 0 aliphatic rings. The summed E-state index contributed by atoms with van der Waals surface area (Å²) in [6.45, 7) is 0.809. The maximum Gasteiger partial charge on any atom is 0.460 e. The molecule has 232 valence electrons. The fourth-order valence-electron chi connectivity index (χ4n) is 2.86. The highest BCUT2D eigenvalue weighted by molar-refractivity contribution is 6.30. The molecule has 0 saturated carbocycles. The van der Waals surface area contributed by atoms with Crippen LogP contribution in [0.25, 0.3) is 0 Å². The summed E-state index contributed by atoms with van der Waals surface area (Å²) in [5.74, 6) is -58.7. The van der Waals surface area contributed by atoms with E-state index < -0.39 is 83.1 Å². The second-order valence-electron chi connectivity index (χ2n) is 8.00. The van der Waals surface area contributed by atoms with Crippen molar-refractivity contribution >= 4 is 29.2 Å². The van der Waals surface area contributed by atoms with Crippen LogP contribution >= 0.6 is 23.2 Å². The van der Waals surface area contributed by atoms with Gasteiger partial charge in [0.15, 0.2) is 0 Å². The first-order valence-corrected chi connectivity index (χ1v) is 10.6. The maximum absolute atomic E-state index is 14.1. The third-order valence-electron chi connectivity index (χ3n) is 4.99. The number of alkyl halides is 18. The van der Waals surface area contributed by atoms with Gasteiger partial charge >= 0.3 is 53.6 Å². The van der Waals surface area contributed by atoms with E-state index in [4.69, 9.17) is 23.2 Å². The second-order valence-corrected chi connectivity index (χ2v) is 9.05. The summed E-state index contributed by atoms with van der Waals surface area (Å²) >= 11 is 11.0. The Bertz CT molecular complexity index is 1080. The fraction of sp³-hybridized carbons (Fsp3) is 0.632. The summed E-state index contributed by atoms with van der Waals surface area (Å²) in [7, 11) is 0. The first kappa shape index (κ1) is 36.1. The van der Waals surface area contributed by atoms with Crippen molar-refractivity contribution in [3.05, 3.63) is 28.8 Å². The number of esters is 1. The van der Waals surface area contributed by atoms with Crippen LogP contribution in [0.2, 0.25) is 5.02 Å². The van der Waals surface area contributed by atoms with Crippen molar-refractivity contribution in [1.29, 1.82) is 0 Å². The molecule has 0 saturated heterocycles. The van der Waals surface area contributed by atoms with Crippen LogP contribution in [0.15, 0.2) is 18.2 Å². The molecule has 1 atom stereocenters. The van der Waals surface area contributed by atoms with Crippen molar-refractivity contribution in [2.24, 2.45) is 0 Å². The normalized spacial score (nSPS) is 15.7. The van der Waals surface area contributed by atoms with E-state index in [1.165, 1.54) is 0 Å². The third-order valence-corrected chi connectivity index (χ3v) is 5.53. The van der Waals surface area contributed by atoms with Gasteiger partial charge in [-0.1, -0.05) is 17.7 Å². The van der Waals surface area contributed by atoms with E-state index in [2.05, 4.69) is 4.74 Å². The lowest BCUT2D eigenvalue weighted by Gasteiger charge is -2.43. The molecule has 1 aromatic rings. The Balaban J connectivity index is 3.46. The highest BCUT2D eigenvalue weighted by atomic mass is 35.5. The zero-order valence-corrected chi connectivity index (χ0v) is 20.2. The number of hydrogen-bond acceptors (Lipinski definition) is 2. The van der Waals surface area contributed by atoms with E-state index >= 15 is 0 Å². The van der Waals surface area contributed by atoms with E-state index in [-0.39, 0.29) is 5.02 Å². The molecule has 0 N–H and O–H groups in total. The smallest absolute Gasteiger partial charge is 0.426 e. The third kappa shape index (κ3) is 5.86. The van der Waals surface area contributed by atoms with Crippen molar-refractivity contribution in [3.8, 4) is 5.75 Å². The number of benzene rings is 1. The first-order chi connectivity index (χ1) is 17.4. The molecule has 1 unspecified atom stereocenters. The predicted molar refractivity (Wildman–Crippen MR) is 101 cm³/mol. The summed E-state index contributed by atoms with van der Waals surface area (Å²) in [5.41, 5.74) is -0.420. The van der Waals surface area contributed by atoms with Crippen LogP contribution in [-0.2, 0) is 11.2 Å². The lowest BCUT2D eigenvalue weighted by Crippen LogP contribution is -2.74. The number of hydrogen-bond donors (Lipinski definition) is 0. The minimum Gasteiger partial charge on any atom is -0.426 e. The molecule has 0 aliphatic heterocycles. The van der Waals surface area contributed by atoms with Gasteiger partial charge < -0.3 is 4.74 Å². The summed E-state index contributed by atoms with van der Waals surface area (Å²) < 4.78 is 232. The number of ether oxygens (including phenoxy) is 1. The first-order valence-electron chi connectivity index (χ1n) is 9.74. The lowest BCUT2D eigenvalue weighted by atomic mass is 9.87. The molecule has 40 heavy (non-hydrogen) atoms. The van der Waals surface area contributed by atoms with Gasteiger partial charge in [-0.05, 0) is 24.1 Å². The van der Waals surface area contributed by atoms with Crippen molar-refractivity contribution in [2.75, 3.05) is 0 Å². The van der Waals surface area contributed by atoms with Crippen LogP contribution < -0.4 is 4.74 Å². The highest BCUT2D eigenvalue weighted by Gasteiger charge is 2.95. The average molecular weight is 665 g/mol. The van der Waals surface area contributed by atoms with Gasteiger partial charge in [0.1, 0.15) is 5.75 Å². The minimum atomic E-state index is -8.70. The zero-order valence-electron chi connectivity index (χ0n) is 18.7. The molecule has 0 fully saturated rings. The largest absolute Gasteiger partial charge is 0.460 e. The Morgan fingerprint density at radius 3 is 1.52 bits per heavy atom. The van der Waals surface area contributed by atoms with Crippen molar-refractivity contribution in [2.45, 2.75) is 72.8 Å². The lowest BCUT2D eigenvalue weighted by molar-refractivity contribution is -0.461. The molecule has 21 heteroatoms. The van der Waals surface area contributed by atoms with E-state index in [0.717, 1.165) is 25.1 Å². The second kappa shape index (κ2) is 10.7. The molecule has 0 amide bonds. The molecule has 0 aromatic heterocycles. The van der Waals surface area contributed by atoms with Gasteiger partial charge in [0.2, 0.25) is 0 Å². The van der Waals surface area contributed by atoms with Gasteiger partial charge in [0, 0.05) is 23.7 Å². The minimum absolute atomic E-state index is 0.168. The Morgan fingerprint density at radius 2 is 1.12 bits per heavy atom. The Morgan fingerprint density at radius 1 is 0.725 bits per heavy atom. The quantitative estimate of drug-likeness (QED) is 0.102. The van der Waals surface area contributed by atoms with E-state index in [0.29, 0.717) is 0 Å². The fourth-order valence-corrected chi connectivity index (χ4v) is 3.38. The van der Waals surface area contributed by atoms with E-state index in [1.807, 2.05) is 0 Å². The van der Waals surface area contributed by atoms with Gasteiger partial charge in [-0.3, -0.25) is 4.79 Å². The average Bonchev–Trinajstić information content (AvgIpc) is 2.73. The standard InChI is InChI=1S/C19H11Cl2F17O2/c1-7(39)40-11-5-9(20)3-2-8(11)4-10(21)6-12(22,23)13(24,25)14(26,27)15(28,29)16(30,31)17(32,33)18(34,35)19(36,37)38/h2-3,5,10H,4,6H2,1H3. The van der Waals surface area contributed by atoms with E-state index in [9.17, 15) is 79.4 Å². The molecule has 0 bridgehead atoms. The summed E-state index contributed by atoms with van der Waals surface area (Å²) in [5, 5.41) is -2.71.